The summed E-state index contributed by atoms with van der Waals surface area (Å²) in [5, 5.41) is 7.89. The van der Waals surface area contributed by atoms with Crippen LogP contribution in [0, 0.1) is 0 Å². The van der Waals surface area contributed by atoms with Crippen LogP contribution in [0.3, 0.4) is 0 Å². The van der Waals surface area contributed by atoms with Crippen LogP contribution in [-0.2, 0) is 17.8 Å². The number of aromatic nitrogens is 3. The van der Waals surface area contributed by atoms with Gasteiger partial charge in [-0.05, 0) is 49.4 Å². The molecule has 1 N–H and O–H groups in total. The minimum atomic E-state index is 0.0850. The molecule has 1 aromatic carbocycles. The summed E-state index contributed by atoms with van der Waals surface area (Å²) < 4.78 is 2.17. The van der Waals surface area contributed by atoms with Gasteiger partial charge in [0.15, 0.2) is 0 Å². The van der Waals surface area contributed by atoms with Gasteiger partial charge in [-0.3, -0.25) is 14.5 Å². The smallest absolute Gasteiger partial charge is 0.220 e. The molecule has 5 heteroatoms. The summed E-state index contributed by atoms with van der Waals surface area (Å²) in [4.78, 5) is 16.4. The van der Waals surface area contributed by atoms with Crippen molar-refractivity contribution in [3.05, 3.63) is 72.2 Å². The summed E-state index contributed by atoms with van der Waals surface area (Å²) >= 11 is 0. The highest BCUT2D eigenvalue weighted by Crippen LogP contribution is 2.33. The van der Waals surface area contributed by atoms with E-state index in [2.05, 4.69) is 33.2 Å². The molecule has 0 saturated heterocycles. The molecule has 0 atom stereocenters. The molecule has 0 bridgehead atoms. The lowest BCUT2D eigenvalue weighted by molar-refractivity contribution is -0.121. The molecule has 4 rings (SSSR count). The Morgan fingerprint density at radius 3 is 2.59 bits per heavy atom. The number of hydrogen-bond acceptors (Lipinski definition) is 3. The zero-order valence-corrected chi connectivity index (χ0v) is 16.8. The van der Waals surface area contributed by atoms with Crippen molar-refractivity contribution in [1.82, 2.24) is 20.1 Å². The topological polar surface area (TPSA) is 59.8 Å². The Morgan fingerprint density at radius 2 is 1.83 bits per heavy atom. The summed E-state index contributed by atoms with van der Waals surface area (Å²) in [7, 11) is 0. The second-order valence-electron chi connectivity index (χ2n) is 7.76. The molecular weight excluding hydrogens is 360 g/mol. The Bertz CT molecular complexity index is 915. The molecule has 1 aliphatic rings. The fourth-order valence-corrected chi connectivity index (χ4v) is 4.07. The van der Waals surface area contributed by atoms with Gasteiger partial charge in [-0.2, -0.15) is 5.10 Å². The minimum absolute atomic E-state index is 0.0850. The fraction of sp³-hybridized carbons (Fsp3) is 0.375. The molecule has 0 unspecified atom stereocenters. The lowest BCUT2D eigenvalue weighted by atomic mass is 10.1. The van der Waals surface area contributed by atoms with Crippen molar-refractivity contribution in [3.8, 4) is 11.3 Å². The van der Waals surface area contributed by atoms with Crippen molar-refractivity contribution in [3.63, 3.8) is 0 Å². The van der Waals surface area contributed by atoms with E-state index in [0.29, 0.717) is 19.0 Å². The molecule has 150 valence electrons. The number of carbonyl (C=O) groups excluding carboxylic acids is 1. The maximum Gasteiger partial charge on any atom is 0.220 e. The molecule has 1 aliphatic carbocycles. The van der Waals surface area contributed by atoms with Crippen molar-refractivity contribution in [2.45, 2.75) is 57.5 Å². The third-order valence-electron chi connectivity index (χ3n) is 5.61. The summed E-state index contributed by atoms with van der Waals surface area (Å²) in [6.07, 6.45) is 10.8. The zero-order chi connectivity index (χ0) is 19.9. The van der Waals surface area contributed by atoms with Gasteiger partial charge in [0.05, 0.1) is 24.0 Å². The largest absolute Gasteiger partial charge is 0.350 e. The van der Waals surface area contributed by atoms with E-state index in [4.69, 9.17) is 5.10 Å². The van der Waals surface area contributed by atoms with E-state index < -0.39 is 0 Å². The van der Waals surface area contributed by atoms with Crippen LogP contribution < -0.4 is 5.32 Å². The van der Waals surface area contributed by atoms with Crippen LogP contribution in [-0.4, -0.2) is 20.7 Å². The Hall–Kier alpha value is -2.95. The van der Waals surface area contributed by atoms with Crippen molar-refractivity contribution in [1.29, 1.82) is 0 Å². The van der Waals surface area contributed by atoms with Crippen LogP contribution >= 0.6 is 0 Å². The van der Waals surface area contributed by atoms with E-state index in [9.17, 15) is 4.79 Å². The molecule has 1 fully saturated rings. The Labute approximate surface area is 172 Å². The summed E-state index contributed by atoms with van der Waals surface area (Å²) in [5.74, 6) is 0.0850. The summed E-state index contributed by atoms with van der Waals surface area (Å²) in [5.41, 5.74) is 4.44. The second kappa shape index (κ2) is 9.50. The van der Waals surface area contributed by atoms with Crippen LogP contribution in [0.4, 0.5) is 0 Å². The van der Waals surface area contributed by atoms with Gasteiger partial charge in [0.1, 0.15) is 0 Å². The lowest BCUT2D eigenvalue weighted by Crippen LogP contribution is -2.23. The Kier molecular flexibility index (Phi) is 6.35. The SMILES string of the molecule is O=C(CCCc1ccccc1)NCc1cc(-c2ccncc2)n(C2CCCC2)n1. The number of aryl methyl sites for hydroxylation is 1. The van der Waals surface area contributed by atoms with Gasteiger partial charge in [-0.25, -0.2) is 0 Å². The van der Waals surface area contributed by atoms with Gasteiger partial charge in [-0.15, -0.1) is 0 Å². The first-order valence-electron chi connectivity index (χ1n) is 10.6. The van der Waals surface area contributed by atoms with Crippen molar-refractivity contribution >= 4 is 5.91 Å². The fourth-order valence-electron chi connectivity index (χ4n) is 4.07. The van der Waals surface area contributed by atoms with Crippen LogP contribution in [0.15, 0.2) is 60.9 Å². The number of nitrogens with one attached hydrogen (secondary N) is 1. The van der Waals surface area contributed by atoms with E-state index in [1.54, 1.807) is 0 Å². The number of amides is 1. The first-order chi connectivity index (χ1) is 14.3. The summed E-state index contributed by atoms with van der Waals surface area (Å²) in [6, 6.07) is 16.9. The van der Waals surface area contributed by atoms with Gasteiger partial charge in [0.25, 0.3) is 0 Å². The quantitative estimate of drug-likeness (QED) is 0.608. The van der Waals surface area contributed by atoms with E-state index in [1.165, 1.54) is 31.2 Å². The summed E-state index contributed by atoms with van der Waals surface area (Å²) in [6.45, 7) is 0.474. The Morgan fingerprint density at radius 1 is 1.07 bits per heavy atom. The molecule has 1 amide bonds. The van der Waals surface area contributed by atoms with E-state index in [1.807, 2.05) is 42.7 Å². The first kappa shape index (κ1) is 19.4. The zero-order valence-electron chi connectivity index (χ0n) is 16.8. The molecule has 1 saturated carbocycles. The number of rotatable bonds is 8. The molecule has 29 heavy (non-hydrogen) atoms. The molecule has 5 nitrogen and oxygen atoms in total. The number of nitrogens with zero attached hydrogens (tertiary/aromatic N) is 3. The third kappa shape index (κ3) is 5.11. The average molecular weight is 389 g/mol. The molecule has 2 aromatic heterocycles. The molecule has 2 heterocycles. The van der Waals surface area contributed by atoms with Crippen LogP contribution in [0.1, 0.15) is 55.8 Å². The average Bonchev–Trinajstić information content (AvgIpc) is 3.43. The molecule has 3 aromatic rings. The van der Waals surface area contributed by atoms with Gasteiger partial charge >= 0.3 is 0 Å². The van der Waals surface area contributed by atoms with Gasteiger partial charge in [0.2, 0.25) is 5.91 Å². The first-order valence-corrected chi connectivity index (χ1v) is 10.6. The highest BCUT2D eigenvalue weighted by atomic mass is 16.1. The number of pyridine rings is 1. The number of hydrogen-bond donors (Lipinski definition) is 1. The van der Waals surface area contributed by atoms with Gasteiger partial charge in [-0.1, -0.05) is 43.2 Å². The lowest BCUT2D eigenvalue weighted by Gasteiger charge is -2.14. The van der Waals surface area contributed by atoms with E-state index in [0.717, 1.165) is 29.8 Å². The van der Waals surface area contributed by atoms with E-state index in [-0.39, 0.29) is 5.91 Å². The van der Waals surface area contributed by atoms with Crippen LogP contribution in [0.2, 0.25) is 0 Å². The van der Waals surface area contributed by atoms with Crippen molar-refractivity contribution in [2.75, 3.05) is 0 Å². The van der Waals surface area contributed by atoms with E-state index >= 15 is 0 Å². The predicted octanol–water partition coefficient (Wildman–Crippen LogP) is 4.70. The monoisotopic (exact) mass is 388 g/mol. The minimum Gasteiger partial charge on any atom is -0.350 e. The highest BCUT2D eigenvalue weighted by molar-refractivity contribution is 5.75. The molecule has 0 spiro atoms. The number of benzene rings is 1. The van der Waals surface area contributed by atoms with Gasteiger partial charge in [0, 0.05) is 24.4 Å². The van der Waals surface area contributed by atoms with Crippen molar-refractivity contribution < 1.29 is 4.79 Å². The highest BCUT2D eigenvalue weighted by Gasteiger charge is 2.22. The normalized spacial score (nSPS) is 14.2. The third-order valence-corrected chi connectivity index (χ3v) is 5.61. The predicted molar refractivity (Wildman–Crippen MR) is 114 cm³/mol. The van der Waals surface area contributed by atoms with Crippen LogP contribution in [0.5, 0.6) is 0 Å². The molecule has 0 radical (unpaired) electrons. The maximum atomic E-state index is 12.3. The molecule has 0 aliphatic heterocycles. The standard InChI is InChI=1S/C24H28N4O/c29-24(12-6-9-19-7-2-1-3-8-19)26-18-21-17-23(20-13-15-25-16-14-20)28(27-21)22-10-4-5-11-22/h1-3,7-8,13-17,22H,4-6,9-12,18H2,(H,26,29). The van der Waals surface area contributed by atoms with Gasteiger partial charge < -0.3 is 5.32 Å². The maximum absolute atomic E-state index is 12.3. The number of carbonyl (C=O) groups is 1. The second-order valence-corrected chi connectivity index (χ2v) is 7.76. The van der Waals surface area contributed by atoms with Crippen molar-refractivity contribution in [2.24, 2.45) is 0 Å². The van der Waals surface area contributed by atoms with Crippen LogP contribution in [0.25, 0.3) is 11.3 Å². The molecular formula is C24H28N4O. The Balaban J connectivity index is 1.36.